The van der Waals surface area contributed by atoms with E-state index in [-0.39, 0.29) is 0 Å². The van der Waals surface area contributed by atoms with E-state index in [0.29, 0.717) is 0 Å². The first-order valence-electron chi connectivity index (χ1n) is 9.60. The topological polar surface area (TPSA) is 3.24 Å². The maximum Gasteiger partial charge on any atom is 0.0102 e. The molecule has 2 aliphatic rings. The molecule has 20 heavy (non-hydrogen) atoms. The number of fused-ring (bicyclic) bond motifs is 1. The van der Waals surface area contributed by atoms with Crippen molar-refractivity contribution in [3.8, 4) is 0 Å². The fourth-order valence-corrected chi connectivity index (χ4v) is 4.59. The lowest BCUT2D eigenvalue weighted by Gasteiger charge is -2.34. The Morgan fingerprint density at radius 1 is 0.800 bits per heavy atom. The molecule has 0 N–H and O–H groups in total. The minimum absolute atomic E-state index is 0.861. The van der Waals surface area contributed by atoms with Crippen molar-refractivity contribution in [1.29, 1.82) is 0 Å². The zero-order valence-electron chi connectivity index (χ0n) is 14.1. The van der Waals surface area contributed by atoms with Gasteiger partial charge in [-0.05, 0) is 39.0 Å². The Hall–Kier alpha value is -0.0400. The van der Waals surface area contributed by atoms with E-state index in [4.69, 9.17) is 0 Å². The van der Waals surface area contributed by atoms with E-state index in [1.807, 2.05) is 0 Å². The zero-order chi connectivity index (χ0) is 14.2. The predicted molar refractivity (Wildman–Crippen MR) is 89.2 cm³/mol. The van der Waals surface area contributed by atoms with Gasteiger partial charge in [-0.3, -0.25) is 4.90 Å². The molecule has 1 heteroatoms. The SMILES string of the molecule is CCCCCCCCC[C@H]1CC[C@@H]2CCCC[C@H](C)N12. The molecule has 0 aliphatic carbocycles. The van der Waals surface area contributed by atoms with Gasteiger partial charge in [0, 0.05) is 18.1 Å². The third-order valence-electron chi connectivity index (χ3n) is 5.74. The van der Waals surface area contributed by atoms with Crippen LogP contribution in [-0.2, 0) is 0 Å². The van der Waals surface area contributed by atoms with Crippen molar-refractivity contribution in [3.63, 3.8) is 0 Å². The van der Waals surface area contributed by atoms with Crippen LogP contribution in [0.3, 0.4) is 0 Å². The van der Waals surface area contributed by atoms with Gasteiger partial charge < -0.3 is 0 Å². The molecule has 0 radical (unpaired) electrons. The highest BCUT2D eigenvalue weighted by molar-refractivity contribution is 4.92. The summed E-state index contributed by atoms with van der Waals surface area (Å²) in [6, 6.07) is 2.74. The van der Waals surface area contributed by atoms with Gasteiger partial charge in [-0.15, -0.1) is 0 Å². The summed E-state index contributed by atoms with van der Waals surface area (Å²) in [5, 5.41) is 0. The molecule has 0 spiro atoms. The maximum atomic E-state index is 2.93. The lowest BCUT2D eigenvalue weighted by Crippen LogP contribution is -2.41. The molecule has 0 amide bonds. The van der Waals surface area contributed by atoms with E-state index in [1.165, 1.54) is 89.9 Å². The summed E-state index contributed by atoms with van der Waals surface area (Å²) >= 11 is 0. The molecule has 0 saturated carbocycles. The van der Waals surface area contributed by atoms with Gasteiger partial charge in [-0.25, -0.2) is 0 Å². The van der Waals surface area contributed by atoms with E-state index in [0.717, 1.165) is 18.1 Å². The summed E-state index contributed by atoms with van der Waals surface area (Å²) in [5.41, 5.74) is 0. The smallest absolute Gasteiger partial charge is 0.0102 e. The summed E-state index contributed by atoms with van der Waals surface area (Å²) < 4.78 is 0. The molecule has 1 nitrogen and oxygen atoms in total. The van der Waals surface area contributed by atoms with Crippen LogP contribution in [0.4, 0.5) is 0 Å². The second-order valence-electron chi connectivity index (χ2n) is 7.38. The first-order valence-corrected chi connectivity index (χ1v) is 9.60. The molecule has 2 rings (SSSR count). The molecule has 0 aromatic carbocycles. The molecule has 0 bridgehead atoms. The van der Waals surface area contributed by atoms with Crippen molar-refractivity contribution in [2.24, 2.45) is 0 Å². The minimum atomic E-state index is 0.861. The second-order valence-corrected chi connectivity index (χ2v) is 7.38. The largest absolute Gasteiger partial charge is 0.295 e. The van der Waals surface area contributed by atoms with E-state index in [1.54, 1.807) is 0 Å². The predicted octanol–water partition coefficient (Wildman–Crippen LogP) is 5.92. The summed E-state index contributed by atoms with van der Waals surface area (Å²) in [5.74, 6) is 0. The Labute approximate surface area is 127 Å². The van der Waals surface area contributed by atoms with Crippen molar-refractivity contribution in [2.45, 2.75) is 122 Å². The van der Waals surface area contributed by atoms with Crippen molar-refractivity contribution >= 4 is 0 Å². The van der Waals surface area contributed by atoms with Crippen LogP contribution in [0.15, 0.2) is 0 Å². The van der Waals surface area contributed by atoms with Gasteiger partial charge >= 0.3 is 0 Å². The van der Waals surface area contributed by atoms with Crippen LogP contribution in [0, 0.1) is 0 Å². The van der Waals surface area contributed by atoms with Crippen LogP contribution in [-0.4, -0.2) is 23.0 Å². The highest BCUT2D eigenvalue weighted by atomic mass is 15.2. The molecule has 2 fully saturated rings. The summed E-state index contributed by atoms with van der Waals surface area (Å²) in [7, 11) is 0. The Balaban J connectivity index is 1.63. The van der Waals surface area contributed by atoms with Gasteiger partial charge in [0.2, 0.25) is 0 Å². The van der Waals surface area contributed by atoms with Crippen molar-refractivity contribution in [1.82, 2.24) is 4.90 Å². The Kier molecular flexibility index (Phi) is 7.41. The summed E-state index contributed by atoms with van der Waals surface area (Å²) in [4.78, 5) is 2.93. The Morgan fingerprint density at radius 2 is 1.50 bits per heavy atom. The van der Waals surface area contributed by atoms with Crippen LogP contribution < -0.4 is 0 Å². The van der Waals surface area contributed by atoms with Gasteiger partial charge in [0.05, 0.1) is 0 Å². The molecular weight excluding hydrogens is 242 g/mol. The average Bonchev–Trinajstić information content (AvgIpc) is 2.76. The molecule has 0 unspecified atom stereocenters. The van der Waals surface area contributed by atoms with Crippen molar-refractivity contribution < 1.29 is 0 Å². The maximum absolute atomic E-state index is 2.93. The molecule has 0 aromatic rings. The van der Waals surface area contributed by atoms with Crippen LogP contribution in [0.25, 0.3) is 0 Å². The number of rotatable bonds is 8. The van der Waals surface area contributed by atoms with Gasteiger partial charge in [0.25, 0.3) is 0 Å². The number of hydrogen-bond donors (Lipinski definition) is 0. The van der Waals surface area contributed by atoms with Gasteiger partial charge in [0.15, 0.2) is 0 Å². The monoisotopic (exact) mass is 279 g/mol. The van der Waals surface area contributed by atoms with E-state index in [9.17, 15) is 0 Å². The molecule has 118 valence electrons. The minimum Gasteiger partial charge on any atom is -0.295 e. The summed E-state index contributed by atoms with van der Waals surface area (Å²) in [6.45, 7) is 4.79. The van der Waals surface area contributed by atoms with Crippen LogP contribution in [0.2, 0.25) is 0 Å². The average molecular weight is 280 g/mol. The lowest BCUT2D eigenvalue weighted by molar-refractivity contribution is 0.132. The fourth-order valence-electron chi connectivity index (χ4n) is 4.59. The molecule has 2 saturated heterocycles. The third-order valence-corrected chi connectivity index (χ3v) is 5.74. The quantitative estimate of drug-likeness (QED) is 0.498. The Morgan fingerprint density at radius 3 is 2.30 bits per heavy atom. The van der Waals surface area contributed by atoms with Gasteiger partial charge in [-0.2, -0.15) is 0 Å². The number of nitrogens with zero attached hydrogens (tertiary/aromatic N) is 1. The second kappa shape index (κ2) is 9.07. The van der Waals surface area contributed by atoms with E-state index in [2.05, 4.69) is 18.7 Å². The Bertz CT molecular complexity index is 250. The van der Waals surface area contributed by atoms with Gasteiger partial charge in [0.1, 0.15) is 0 Å². The standard InChI is InChI=1S/C19H37N/c1-3-4-5-6-7-8-9-13-18-15-16-19-14-11-10-12-17(2)20(18)19/h17-19H,3-16H2,1-2H3/t17-,18-,19-/m0/s1. The molecular formula is C19H37N. The zero-order valence-corrected chi connectivity index (χ0v) is 14.1. The summed E-state index contributed by atoms with van der Waals surface area (Å²) in [6.07, 6.45) is 20.5. The van der Waals surface area contributed by atoms with E-state index < -0.39 is 0 Å². The third kappa shape index (κ3) is 4.76. The van der Waals surface area contributed by atoms with Crippen LogP contribution in [0.1, 0.15) is 104 Å². The van der Waals surface area contributed by atoms with E-state index >= 15 is 0 Å². The molecule has 2 heterocycles. The highest BCUT2D eigenvalue weighted by Crippen LogP contribution is 2.36. The fraction of sp³-hybridized carbons (Fsp3) is 1.00. The van der Waals surface area contributed by atoms with Crippen molar-refractivity contribution in [3.05, 3.63) is 0 Å². The van der Waals surface area contributed by atoms with Crippen molar-refractivity contribution in [2.75, 3.05) is 0 Å². The molecule has 0 aromatic heterocycles. The first-order chi connectivity index (χ1) is 9.83. The van der Waals surface area contributed by atoms with Gasteiger partial charge in [-0.1, -0.05) is 64.7 Å². The lowest BCUT2D eigenvalue weighted by atomic mass is 10.0. The van der Waals surface area contributed by atoms with Crippen LogP contribution in [0.5, 0.6) is 0 Å². The normalized spacial score (nSPS) is 31.2. The number of unbranched alkanes of at least 4 members (excludes halogenated alkanes) is 6. The molecule has 2 aliphatic heterocycles. The van der Waals surface area contributed by atoms with Crippen LogP contribution >= 0.6 is 0 Å². The highest BCUT2D eigenvalue weighted by Gasteiger charge is 2.36. The number of hydrogen-bond acceptors (Lipinski definition) is 1. The molecule has 3 atom stereocenters. The first kappa shape index (κ1) is 16.3.